The Hall–Kier alpha value is -1.75. The third kappa shape index (κ3) is 3.64. The molecule has 0 saturated heterocycles. The standard InChI is InChI=1S/C12H18N2O3/c1-8(7-13-2)12(16)14-9-4-5-11(17-3)10(15)6-9/h4-6,8,13,15H,7H2,1-3H3,(H,14,16). The molecule has 3 N–H and O–H groups in total. The lowest BCUT2D eigenvalue weighted by Crippen LogP contribution is -2.28. The Balaban J connectivity index is 2.69. The molecule has 1 unspecified atom stereocenters. The molecule has 1 atom stereocenters. The van der Waals surface area contributed by atoms with Crippen LogP contribution in [0.1, 0.15) is 6.92 Å². The highest BCUT2D eigenvalue weighted by Gasteiger charge is 2.12. The van der Waals surface area contributed by atoms with Gasteiger partial charge in [-0.1, -0.05) is 6.92 Å². The van der Waals surface area contributed by atoms with Crippen LogP contribution in [-0.2, 0) is 4.79 Å². The van der Waals surface area contributed by atoms with E-state index in [1.165, 1.54) is 13.2 Å². The van der Waals surface area contributed by atoms with Gasteiger partial charge in [-0.2, -0.15) is 0 Å². The summed E-state index contributed by atoms with van der Waals surface area (Å²) < 4.78 is 4.92. The summed E-state index contributed by atoms with van der Waals surface area (Å²) in [5, 5.41) is 15.2. The van der Waals surface area contributed by atoms with Crippen LogP contribution in [0, 0.1) is 5.92 Å². The number of nitrogens with one attached hydrogen (secondary N) is 2. The van der Waals surface area contributed by atoms with E-state index in [9.17, 15) is 9.90 Å². The van der Waals surface area contributed by atoms with E-state index in [0.29, 0.717) is 18.0 Å². The third-order valence-electron chi connectivity index (χ3n) is 2.40. The van der Waals surface area contributed by atoms with Gasteiger partial charge in [-0.15, -0.1) is 0 Å². The van der Waals surface area contributed by atoms with Crippen LogP contribution >= 0.6 is 0 Å². The summed E-state index contributed by atoms with van der Waals surface area (Å²) in [6.07, 6.45) is 0. The number of aromatic hydroxyl groups is 1. The van der Waals surface area contributed by atoms with E-state index >= 15 is 0 Å². The van der Waals surface area contributed by atoms with E-state index in [1.807, 2.05) is 6.92 Å². The smallest absolute Gasteiger partial charge is 0.228 e. The molecule has 5 nitrogen and oxygen atoms in total. The van der Waals surface area contributed by atoms with Gasteiger partial charge >= 0.3 is 0 Å². The zero-order valence-electron chi connectivity index (χ0n) is 10.3. The molecule has 1 amide bonds. The highest BCUT2D eigenvalue weighted by atomic mass is 16.5. The Morgan fingerprint density at radius 1 is 1.53 bits per heavy atom. The average molecular weight is 238 g/mol. The van der Waals surface area contributed by atoms with Crippen molar-refractivity contribution in [2.75, 3.05) is 26.0 Å². The second kappa shape index (κ2) is 6.10. The van der Waals surface area contributed by atoms with Crippen LogP contribution in [-0.4, -0.2) is 31.7 Å². The fourth-order valence-electron chi connectivity index (χ4n) is 1.43. The number of carbonyl (C=O) groups excluding carboxylic acids is 1. The van der Waals surface area contributed by atoms with E-state index in [1.54, 1.807) is 19.2 Å². The van der Waals surface area contributed by atoms with Gasteiger partial charge in [0.1, 0.15) is 0 Å². The molecule has 94 valence electrons. The molecule has 1 rings (SSSR count). The molecule has 0 radical (unpaired) electrons. The number of benzene rings is 1. The number of methoxy groups -OCH3 is 1. The number of rotatable bonds is 5. The van der Waals surface area contributed by atoms with Crippen LogP contribution in [0.3, 0.4) is 0 Å². The number of anilines is 1. The van der Waals surface area contributed by atoms with Crippen molar-refractivity contribution in [3.63, 3.8) is 0 Å². The largest absolute Gasteiger partial charge is 0.504 e. The normalized spacial score (nSPS) is 11.9. The summed E-state index contributed by atoms with van der Waals surface area (Å²) in [5.74, 6) is 0.158. The van der Waals surface area contributed by atoms with E-state index in [-0.39, 0.29) is 17.6 Å². The van der Waals surface area contributed by atoms with Crippen molar-refractivity contribution in [2.24, 2.45) is 5.92 Å². The molecule has 0 fully saturated rings. The molecule has 0 aliphatic carbocycles. The second-order valence-corrected chi connectivity index (χ2v) is 3.83. The zero-order valence-corrected chi connectivity index (χ0v) is 10.3. The molecule has 0 bridgehead atoms. The maximum Gasteiger partial charge on any atom is 0.228 e. The van der Waals surface area contributed by atoms with Crippen molar-refractivity contribution < 1.29 is 14.6 Å². The van der Waals surface area contributed by atoms with E-state index in [2.05, 4.69) is 10.6 Å². The molecular weight excluding hydrogens is 220 g/mol. The highest BCUT2D eigenvalue weighted by Crippen LogP contribution is 2.28. The SMILES string of the molecule is CNCC(C)C(=O)Nc1ccc(OC)c(O)c1. The summed E-state index contributed by atoms with van der Waals surface area (Å²) in [6.45, 7) is 2.43. The van der Waals surface area contributed by atoms with E-state index in [0.717, 1.165) is 0 Å². The number of hydrogen-bond donors (Lipinski definition) is 3. The van der Waals surface area contributed by atoms with Crippen LogP contribution in [0.15, 0.2) is 18.2 Å². The molecule has 5 heteroatoms. The first-order chi connectivity index (χ1) is 8.08. The minimum Gasteiger partial charge on any atom is -0.504 e. The first-order valence-electron chi connectivity index (χ1n) is 5.41. The maximum atomic E-state index is 11.7. The highest BCUT2D eigenvalue weighted by molar-refractivity contribution is 5.92. The van der Waals surface area contributed by atoms with Crippen molar-refractivity contribution in [1.82, 2.24) is 5.32 Å². The maximum absolute atomic E-state index is 11.7. The van der Waals surface area contributed by atoms with Gasteiger partial charge in [0.25, 0.3) is 0 Å². The van der Waals surface area contributed by atoms with Gasteiger partial charge in [-0.05, 0) is 19.2 Å². The number of hydrogen-bond acceptors (Lipinski definition) is 4. The summed E-state index contributed by atoms with van der Waals surface area (Å²) >= 11 is 0. The number of phenolic OH excluding ortho intramolecular Hbond substituents is 1. The first kappa shape index (κ1) is 13.3. The molecule has 0 saturated carbocycles. The van der Waals surface area contributed by atoms with Gasteiger partial charge in [-0.3, -0.25) is 4.79 Å². The summed E-state index contributed by atoms with van der Waals surface area (Å²) in [7, 11) is 3.27. The fraction of sp³-hybridized carbons (Fsp3) is 0.417. The summed E-state index contributed by atoms with van der Waals surface area (Å²) in [4.78, 5) is 11.7. The molecule has 0 aliphatic heterocycles. The van der Waals surface area contributed by atoms with Crippen molar-refractivity contribution in [1.29, 1.82) is 0 Å². The molecule has 17 heavy (non-hydrogen) atoms. The lowest BCUT2D eigenvalue weighted by Gasteiger charge is -2.12. The summed E-state index contributed by atoms with van der Waals surface area (Å²) in [5.41, 5.74) is 0.552. The predicted octanol–water partition coefficient (Wildman–Crippen LogP) is 1.19. The number of amides is 1. The van der Waals surface area contributed by atoms with Crippen molar-refractivity contribution in [3.05, 3.63) is 18.2 Å². The van der Waals surface area contributed by atoms with Gasteiger partial charge in [0.05, 0.1) is 7.11 Å². The van der Waals surface area contributed by atoms with Crippen molar-refractivity contribution >= 4 is 11.6 Å². The Bertz CT molecular complexity index is 393. The number of ether oxygens (including phenoxy) is 1. The average Bonchev–Trinajstić information content (AvgIpc) is 2.29. The molecule has 0 aliphatic rings. The van der Waals surface area contributed by atoms with Gasteiger partial charge in [0.2, 0.25) is 5.91 Å². The van der Waals surface area contributed by atoms with Gasteiger partial charge < -0.3 is 20.5 Å². The van der Waals surface area contributed by atoms with Gasteiger partial charge in [0, 0.05) is 24.2 Å². The second-order valence-electron chi connectivity index (χ2n) is 3.83. The monoisotopic (exact) mass is 238 g/mol. The lowest BCUT2D eigenvalue weighted by atomic mass is 10.1. The predicted molar refractivity (Wildman–Crippen MR) is 66.4 cm³/mol. The zero-order chi connectivity index (χ0) is 12.8. The Morgan fingerprint density at radius 3 is 2.76 bits per heavy atom. The van der Waals surface area contributed by atoms with Crippen LogP contribution < -0.4 is 15.4 Å². The minimum absolute atomic E-state index is 0.00608. The molecule has 1 aromatic rings. The molecular formula is C12H18N2O3. The van der Waals surface area contributed by atoms with Crippen LogP contribution in [0.2, 0.25) is 0 Å². The molecule has 0 spiro atoms. The van der Waals surface area contributed by atoms with Gasteiger partial charge in [0.15, 0.2) is 11.5 Å². The number of carbonyl (C=O) groups is 1. The molecule has 1 aromatic carbocycles. The fourth-order valence-corrected chi connectivity index (χ4v) is 1.43. The Kier molecular flexibility index (Phi) is 4.78. The molecule has 0 aromatic heterocycles. The quantitative estimate of drug-likeness (QED) is 0.720. The van der Waals surface area contributed by atoms with Crippen molar-refractivity contribution in [2.45, 2.75) is 6.92 Å². The number of phenols is 1. The van der Waals surface area contributed by atoms with E-state index in [4.69, 9.17) is 4.74 Å². The topological polar surface area (TPSA) is 70.6 Å². The Morgan fingerprint density at radius 2 is 2.24 bits per heavy atom. The van der Waals surface area contributed by atoms with Crippen molar-refractivity contribution in [3.8, 4) is 11.5 Å². The minimum atomic E-state index is -0.135. The Labute approximate surface area is 101 Å². The first-order valence-corrected chi connectivity index (χ1v) is 5.41. The van der Waals surface area contributed by atoms with Crippen LogP contribution in [0.25, 0.3) is 0 Å². The third-order valence-corrected chi connectivity index (χ3v) is 2.40. The van der Waals surface area contributed by atoms with Gasteiger partial charge in [-0.25, -0.2) is 0 Å². The molecule has 0 heterocycles. The lowest BCUT2D eigenvalue weighted by molar-refractivity contribution is -0.119. The summed E-state index contributed by atoms with van der Waals surface area (Å²) in [6, 6.07) is 4.75. The van der Waals surface area contributed by atoms with Crippen LogP contribution in [0.5, 0.6) is 11.5 Å². The van der Waals surface area contributed by atoms with Crippen LogP contribution in [0.4, 0.5) is 5.69 Å². The van der Waals surface area contributed by atoms with E-state index < -0.39 is 0 Å².